The van der Waals surface area contributed by atoms with Gasteiger partial charge in [0.25, 0.3) is 5.69 Å². The van der Waals surface area contributed by atoms with Crippen LogP contribution in [0.3, 0.4) is 0 Å². The van der Waals surface area contributed by atoms with Crippen molar-refractivity contribution in [3.05, 3.63) is 50.5 Å². The number of carboxylic acid groups (broad SMARTS) is 1. The average molecular weight is 307 g/mol. The summed E-state index contributed by atoms with van der Waals surface area (Å²) >= 11 is 1.49. The van der Waals surface area contributed by atoms with Gasteiger partial charge in [0.05, 0.1) is 11.0 Å². The molecule has 7 nitrogen and oxygen atoms in total. The molecule has 1 unspecified atom stereocenters. The van der Waals surface area contributed by atoms with E-state index in [-0.39, 0.29) is 11.6 Å². The number of nitrogens with zero attached hydrogens (tertiary/aromatic N) is 2. The van der Waals surface area contributed by atoms with E-state index in [2.05, 4.69) is 10.3 Å². The van der Waals surface area contributed by atoms with Crippen LogP contribution in [0.2, 0.25) is 0 Å². The summed E-state index contributed by atoms with van der Waals surface area (Å²) < 4.78 is 0. The zero-order valence-corrected chi connectivity index (χ0v) is 12.0. The third kappa shape index (κ3) is 3.34. The Morgan fingerprint density at radius 2 is 2.33 bits per heavy atom. The maximum absolute atomic E-state index is 11.0. The van der Waals surface area contributed by atoms with Crippen molar-refractivity contribution in [1.29, 1.82) is 0 Å². The minimum atomic E-state index is -1.32. The van der Waals surface area contributed by atoms with Crippen molar-refractivity contribution >= 4 is 28.7 Å². The van der Waals surface area contributed by atoms with Gasteiger partial charge in [-0.1, -0.05) is 6.92 Å². The molecule has 0 radical (unpaired) electrons. The summed E-state index contributed by atoms with van der Waals surface area (Å²) in [7, 11) is 0. The van der Waals surface area contributed by atoms with Crippen molar-refractivity contribution in [2.45, 2.75) is 19.4 Å². The van der Waals surface area contributed by atoms with Crippen LogP contribution >= 0.6 is 11.3 Å². The second-order valence-electron chi connectivity index (χ2n) is 4.27. The van der Waals surface area contributed by atoms with Crippen LogP contribution in [0.1, 0.15) is 34.8 Å². The van der Waals surface area contributed by atoms with E-state index >= 15 is 0 Å². The minimum Gasteiger partial charge on any atom is -0.477 e. The number of nitrogens with one attached hydrogen (secondary N) is 1. The number of anilines is 1. The number of nitro benzene ring substituents is 1. The summed E-state index contributed by atoms with van der Waals surface area (Å²) in [5, 5.41) is 25.8. The molecule has 0 saturated heterocycles. The van der Waals surface area contributed by atoms with Crippen molar-refractivity contribution < 1.29 is 14.8 Å². The number of carboxylic acids is 1. The predicted molar refractivity (Wildman–Crippen MR) is 78.8 cm³/mol. The van der Waals surface area contributed by atoms with E-state index < -0.39 is 16.6 Å². The van der Waals surface area contributed by atoms with Gasteiger partial charge in [0, 0.05) is 23.3 Å². The number of hydrogen-bond acceptors (Lipinski definition) is 6. The van der Waals surface area contributed by atoms with Gasteiger partial charge < -0.3 is 10.4 Å². The molecule has 0 bridgehead atoms. The molecule has 2 rings (SSSR count). The molecule has 0 aliphatic rings. The van der Waals surface area contributed by atoms with Crippen LogP contribution in [-0.4, -0.2) is 21.0 Å². The van der Waals surface area contributed by atoms with E-state index in [1.807, 2.05) is 12.3 Å². The van der Waals surface area contributed by atoms with Crippen molar-refractivity contribution in [2.75, 3.05) is 5.32 Å². The smallest absolute Gasteiger partial charge is 0.342 e. The number of rotatable bonds is 6. The summed E-state index contributed by atoms with van der Waals surface area (Å²) in [4.78, 5) is 25.5. The Morgan fingerprint density at radius 3 is 2.86 bits per heavy atom. The van der Waals surface area contributed by atoms with Gasteiger partial charge in [-0.3, -0.25) is 10.1 Å². The monoisotopic (exact) mass is 307 g/mol. The van der Waals surface area contributed by atoms with Crippen molar-refractivity contribution in [3.8, 4) is 0 Å². The zero-order valence-electron chi connectivity index (χ0n) is 11.1. The van der Waals surface area contributed by atoms with Crippen LogP contribution in [0, 0.1) is 10.1 Å². The van der Waals surface area contributed by atoms with E-state index in [0.29, 0.717) is 5.69 Å². The molecule has 0 spiro atoms. The lowest BCUT2D eigenvalue weighted by molar-refractivity contribution is -0.385. The van der Waals surface area contributed by atoms with Crippen molar-refractivity contribution in [1.82, 2.24) is 4.98 Å². The highest BCUT2D eigenvalue weighted by molar-refractivity contribution is 7.09. The topological polar surface area (TPSA) is 105 Å². The number of aromatic carboxylic acids is 1. The molecule has 0 saturated carbocycles. The zero-order chi connectivity index (χ0) is 15.4. The molecule has 0 fully saturated rings. The highest BCUT2D eigenvalue weighted by Gasteiger charge is 2.21. The van der Waals surface area contributed by atoms with Gasteiger partial charge in [-0.25, -0.2) is 9.78 Å². The highest BCUT2D eigenvalue weighted by Crippen LogP contribution is 2.28. The SMILES string of the molecule is CCC(Nc1ccc(C(=O)O)c([N+](=O)[O-])c1)c1nccs1. The van der Waals surface area contributed by atoms with Crippen molar-refractivity contribution in [2.24, 2.45) is 0 Å². The number of nitro groups is 1. The molecule has 8 heteroatoms. The van der Waals surface area contributed by atoms with Gasteiger partial charge in [-0.2, -0.15) is 0 Å². The molecule has 21 heavy (non-hydrogen) atoms. The van der Waals surface area contributed by atoms with E-state index in [1.165, 1.54) is 29.5 Å². The Hall–Kier alpha value is -2.48. The number of thiazole rings is 1. The van der Waals surface area contributed by atoms with Gasteiger partial charge in [-0.05, 0) is 18.6 Å². The highest BCUT2D eigenvalue weighted by atomic mass is 32.1. The maximum atomic E-state index is 11.0. The molecule has 0 aliphatic carbocycles. The summed E-state index contributed by atoms with van der Waals surface area (Å²) in [6.07, 6.45) is 2.45. The lowest BCUT2D eigenvalue weighted by Crippen LogP contribution is -2.10. The Bertz CT molecular complexity index is 657. The summed E-state index contributed by atoms with van der Waals surface area (Å²) in [6, 6.07) is 3.92. The third-order valence-corrected chi connectivity index (χ3v) is 3.81. The van der Waals surface area contributed by atoms with Gasteiger partial charge in [0.2, 0.25) is 0 Å². The molecule has 1 aromatic heterocycles. The summed E-state index contributed by atoms with van der Waals surface area (Å²) in [5.74, 6) is -1.32. The second-order valence-corrected chi connectivity index (χ2v) is 5.20. The number of hydrogen-bond donors (Lipinski definition) is 2. The molecule has 1 heterocycles. The van der Waals surface area contributed by atoms with Crippen LogP contribution in [0.5, 0.6) is 0 Å². The first-order chi connectivity index (χ1) is 10.0. The van der Waals surface area contributed by atoms with Crippen LogP contribution in [0.4, 0.5) is 11.4 Å². The molecule has 0 aliphatic heterocycles. The molecule has 110 valence electrons. The first kappa shape index (κ1) is 14.9. The van der Waals surface area contributed by atoms with Gasteiger partial charge in [0.15, 0.2) is 0 Å². The Morgan fingerprint density at radius 1 is 1.57 bits per heavy atom. The van der Waals surface area contributed by atoms with Crippen molar-refractivity contribution in [3.63, 3.8) is 0 Å². The van der Waals surface area contributed by atoms with Gasteiger partial charge in [0.1, 0.15) is 10.6 Å². The van der Waals surface area contributed by atoms with Crippen LogP contribution in [0.15, 0.2) is 29.8 Å². The lowest BCUT2D eigenvalue weighted by Gasteiger charge is -2.16. The van der Waals surface area contributed by atoms with E-state index in [1.54, 1.807) is 6.20 Å². The van der Waals surface area contributed by atoms with Gasteiger partial charge >= 0.3 is 5.97 Å². The molecular weight excluding hydrogens is 294 g/mol. The minimum absolute atomic E-state index is 0.0692. The van der Waals surface area contributed by atoms with E-state index in [9.17, 15) is 14.9 Å². The summed E-state index contributed by atoms with van der Waals surface area (Å²) in [5.41, 5.74) is -0.261. The first-order valence-corrected chi connectivity index (χ1v) is 7.08. The summed E-state index contributed by atoms with van der Waals surface area (Å²) in [6.45, 7) is 1.97. The first-order valence-electron chi connectivity index (χ1n) is 6.20. The second kappa shape index (κ2) is 6.31. The Kier molecular flexibility index (Phi) is 4.49. The van der Waals surface area contributed by atoms with E-state index in [0.717, 1.165) is 11.4 Å². The Balaban J connectivity index is 2.30. The fraction of sp³-hybridized carbons (Fsp3) is 0.231. The predicted octanol–water partition coefficient (Wildman–Crippen LogP) is 3.31. The normalized spacial score (nSPS) is 11.9. The molecule has 1 atom stereocenters. The number of aromatic nitrogens is 1. The fourth-order valence-corrected chi connectivity index (χ4v) is 2.67. The standard InChI is InChI=1S/C13H13N3O4S/c1-2-10(12-14-5-6-21-12)15-8-3-4-9(13(17)18)11(7-8)16(19)20/h3-7,10,15H,2H2,1H3,(H,17,18). The van der Waals surface area contributed by atoms with Crippen LogP contribution in [0.25, 0.3) is 0 Å². The fourth-order valence-electron chi connectivity index (χ4n) is 1.90. The average Bonchev–Trinajstić information content (AvgIpc) is 2.98. The molecule has 0 amide bonds. The number of benzene rings is 1. The largest absolute Gasteiger partial charge is 0.477 e. The quantitative estimate of drug-likeness (QED) is 0.626. The molecule has 2 aromatic rings. The lowest BCUT2D eigenvalue weighted by atomic mass is 10.1. The van der Waals surface area contributed by atoms with Crippen LogP contribution < -0.4 is 5.32 Å². The number of carbonyl (C=O) groups is 1. The van der Waals surface area contributed by atoms with E-state index in [4.69, 9.17) is 5.11 Å². The Labute approximate surface area is 124 Å². The molecule has 2 N–H and O–H groups in total. The third-order valence-electron chi connectivity index (χ3n) is 2.92. The maximum Gasteiger partial charge on any atom is 0.342 e. The van der Waals surface area contributed by atoms with Crippen LogP contribution in [-0.2, 0) is 0 Å². The van der Waals surface area contributed by atoms with Gasteiger partial charge in [-0.15, -0.1) is 11.3 Å². The molecule has 1 aromatic carbocycles. The molecular formula is C13H13N3O4S.